The second-order valence-corrected chi connectivity index (χ2v) is 6.09. The van der Waals surface area contributed by atoms with Crippen LogP contribution in [0.2, 0.25) is 0 Å². The van der Waals surface area contributed by atoms with E-state index in [-0.39, 0.29) is 18.0 Å². The van der Waals surface area contributed by atoms with Crippen molar-refractivity contribution in [3.8, 4) is 22.6 Å². The van der Waals surface area contributed by atoms with Gasteiger partial charge in [-0.3, -0.25) is 5.41 Å². The van der Waals surface area contributed by atoms with Crippen LogP contribution in [0.25, 0.3) is 11.1 Å². The third-order valence-electron chi connectivity index (χ3n) is 4.11. The van der Waals surface area contributed by atoms with Gasteiger partial charge in [0.2, 0.25) is 0 Å². The Hall–Kier alpha value is -3.41. The molecule has 28 heavy (non-hydrogen) atoms. The van der Waals surface area contributed by atoms with Crippen LogP contribution in [-0.4, -0.2) is 19.0 Å². The van der Waals surface area contributed by atoms with Gasteiger partial charge in [0.25, 0.3) is 6.43 Å². The summed E-state index contributed by atoms with van der Waals surface area (Å²) in [5, 5.41) is 7.42. The molecule has 3 aromatic carbocycles. The van der Waals surface area contributed by atoms with Gasteiger partial charge in [-0.2, -0.15) is 0 Å². The zero-order valence-electron chi connectivity index (χ0n) is 15.1. The van der Waals surface area contributed by atoms with Crippen molar-refractivity contribution in [2.45, 2.75) is 6.43 Å². The van der Waals surface area contributed by atoms with E-state index in [1.165, 1.54) is 12.1 Å². The van der Waals surface area contributed by atoms with Crippen LogP contribution in [0, 0.1) is 5.41 Å². The normalized spacial score (nSPS) is 10.7. The third kappa shape index (κ3) is 5.07. The van der Waals surface area contributed by atoms with Crippen molar-refractivity contribution in [1.82, 2.24) is 0 Å². The van der Waals surface area contributed by atoms with Crippen LogP contribution in [0.4, 0.5) is 8.78 Å². The average molecular weight is 382 g/mol. The van der Waals surface area contributed by atoms with E-state index in [1.54, 1.807) is 12.1 Å². The lowest BCUT2D eigenvalue weighted by Crippen LogP contribution is -2.10. The molecule has 0 aromatic heterocycles. The van der Waals surface area contributed by atoms with Gasteiger partial charge in [0, 0.05) is 11.1 Å². The molecule has 0 aliphatic carbocycles. The zero-order chi connectivity index (χ0) is 19.9. The number of benzene rings is 3. The summed E-state index contributed by atoms with van der Waals surface area (Å²) in [6.07, 6.45) is -2.52. The number of hydrogen-bond acceptors (Lipinski definition) is 3. The van der Waals surface area contributed by atoms with Crippen molar-refractivity contribution in [3.63, 3.8) is 0 Å². The van der Waals surface area contributed by atoms with E-state index >= 15 is 0 Å². The van der Waals surface area contributed by atoms with Crippen molar-refractivity contribution in [1.29, 1.82) is 5.41 Å². The third-order valence-corrected chi connectivity index (χ3v) is 4.11. The van der Waals surface area contributed by atoms with Gasteiger partial charge in [-0.05, 0) is 35.4 Å². The Kier molecular flexibility index (Phi) is 6.22. The summed E-state index contributed by atoms with van der Waals surface area (Å²) in [5.74, 6) is 1.12. The van der Waals surface area contributed by atoms with Crippen LogP contribution in [0.1, 0.15) is 17.6 Å². The number of alkyl halides is 2. The van der Waals surface area contributed by atoms with Gasteiger partial charge in [0.15, 0.2) is 0 Å². The number of nitrogen functional groups attached to an aromatic ring is 1. The minimum Gasteiger partial charge on any atom is -0.490 e. The van der Waals surface area contributed by atoms with Crippen LogP contribution in [0.3, 0.4) is 0 Å². The Bertz CT molecular complexity index is 926. The lowest BCUT2D eigenvalue weighted by Gasteiger charge is -2.10. The van der Waals surface area contributed by atoms with E-state index in [2.05, 4.69) is 0 Å². The molecule has 0 bridgehead atoms. The number of hydrogen-bond donors (Lipinski definition) is 2. The molecule has 0 radical (unpaired) electrons. The summed E-state index contributed by atoms with van der Waals surface area (Å²) in [6.45, 7) is 0.548. The first kappa shape index (κ1) is 19.4. The number of amidine groups is 1. The van der Waals surface area contributed by atoms with Gasteiger partial charge in [0.05, 0.1) is 0 Å². The topological polar surface area (TPSA) is 68.3 Å². The lowest BCUT2D eigenvalue weighted by atomic mass is 10.0. The zero-order valence-corrected chi connectivity index (χ0v) is 15.1. The molecule has 0 atom stereocenters. The highest BCUT2D eigenvalue weighted by atomic mass is 19.3. The molecule has 144 valence electrons. The molecule has 3 N–H and O–H groups in total. The molecule has 0 fully saturated rings. The largest absolute Gasteiger partial charge is 0.490 e. The van der Waals surface area contributed by atoms with Crippen LogP contribution >= 0.6 is 0 Å². The van der Waals surface area contributed by atoms with E-state index in [0.717, 1.165) is 11.1 Å². The van der Waals surface area contributed by atoms with E-state index in [4.69, 9.17) is 20.6 Å². The summed E-state index contributed by atoms with van der Waals surface area (Å²) >= 11 is 0. The maximum atomic E-state index is 12.7. The van der Waals surface area contributed by atoms with Crippen molar-refractivity contribution in [2.24, 2.45) is 5.73 Å². The Morgan fingerprint density at radius 3 is 1.96 bits per heavy atom. The highest BCUT2D eigenvalue weighted by Gasteiger charge is 2.07. The minimum atomic E-state index is -2.52. The van der Waals surface area contributed by atoms with E-state index < -0.39 is 6.43 Å². The summed E-state index contributed by atoms with van der Waals surface area (Å²) in [7, 11) is 0. The van der Waals surface area contributed by atoms with E-state index in [0.29, 0.717) is 23.7 Å². The van der Waals surface area contributed by atoms with E-state index in [1.807, 2.05) is 48.5 Å². The van der Waals surface area contributed by atoms with Crippen LogP contribution in [0.15, 0.2) is 72.8 Å². The summed E-state index contributed by atoms with van der Waals surface area (Å²) < 4.78 is 36.4. The molecule has 3 rings (SSSR count). The fourth-order valence-corrected chi connectivity index (χ4v) is 2.64. The quantitative estimate of drug-likeness (QED) is 0.326. The monoisotopic (exact) mass is 382 g/mol. The van der Waals surface area contributed by atoms with Crippen molar-refractivity contribution >= 4 is 5.84 Å². The Morgan fingerprint density at radius 1 is 0.821 bits per heavy atom. The fraction of sp³-hybridized carbons (Fsp3) is 0.136. The standard InChI is InChI=1S/C22H20F2N2O2/c23-21(24)18-2-1-3-20(14-18)28-13-12-27-19-10-8-16(9-11-19)15-4-6-17(7-5-15)22(25)26/h1-11,14,21H,12-13H2,(H3,25,26). The summed E-state index contributed by atoms with van der Waals surface area (Å²) in [5.41, 5.74) is 8.11. The maximum Gasteiger partial charge on any atom is 0.263 e. The predicted octanol–water partition coefficient (Wildman–Crippen LogP) is 5.03. The molecule has 0 saturated carbocycles. The molecule has 0 aliphatic rings. The van der Waals surface area contributed by atoms with Crippen molar-refractivity contribution < 1.29 is 18.3 Å². The summed E-state index contributed by atoms with van der Waals surface area (Å²) in [6, 6.07) is 20.9. The second kappa shape index (κ2) is 8.99. The molecular formula is C22H20F2N2O2. The van der Waals surface area contributed by atoms with Gasteiger partial charge >= 0.3 is 0 Å². The average Bonchev–Trinajstić information content (AvgIpc) is 2.72. The number of nitrogens with one attached hydrogen (secondary N) is 1. The van der Waals surface area contributed by atoms with Gasteiger partial charge < -0.3 is 15.2 Å². The van der Waals surface area contributed by atoms with Gasteiger partial charge in [-0.1, -0.05) is 48.5 Å². The molecular weight excluding hydrogens is 362 g/mol. The summed E-state index contributed by atoms with van der Waals surface area (Å²) in [4.78, 5) is 0. The number of nitrogens with two attached hydrogens (primary N) is 1. The SMILES string of the molecule is N=C(N)c1ccc(-c2ccc(OCCOc3cccc(C(F)F)c3)cc2)cc1. The Morgan fingerprint density at radius 2 is 1.39 bits per heavy atom. The fourth-order valence-electron chi connectivity index (χ4n) is 2.64. The lowest BCUT2D eigenvalue weighted by molar-refractivity contribution is 0.150. The molecule has 4 nitrogen and oxygen atoms in total. The molecule has 0 heterocycles. The highest BCUT2D eigenvalue weighted by Crippen LogP contribution is 2.24. The molecule has 0 amide bonds. The molecule has 0 spiro atoms. The van der Waals surface area contributed by atoms with E-state index in [9.17, 15) is 8.78 Å². The second-order valence-electron chi connectivity index (χ2n) is 6.09. The van der Waals surface area contributed by atoms with Gasteiger partial charge in [-0.25, -0.2) is 8.78 Å². The molecule has 3 aromatic rings. The van der Waals surface area contributed by atoms with Gasteiger partial charge in [0.1, 0.15) is 30.5 Å². The number of halogens is 2. The maximum absolute atomic E-state index is 12.7. The van der Waals surface area contributed by atoms with Crippen LogP contribution < -0.4 is 15.2 Å². The first-order valence-electron chi connectivity index (χ1n) is 8.71. The predicted molar refractivity (Wildman–Crippen MR) is 105 cm³/mol. The number of rotatable bonds is 8. The van der Waals surface area contributed by atoms with Crippen molar-refractivity contribution in [3.05, 3.63) is 83.9 Å². The first-order valence-corrected chi connectivity index (χ1v) is 8.71. The highest BCUT2D eigenvalue weighted by molar-refractivity contribution is 5.95. The van der Waals surface area contributed by atoms with Crippen LogP contribution in [-0.2, 0) is 0 Å². The smallest absolute Gasteiger partial charge is 0.263 e. The molecule has 0 unspecified atom stereocenters. The van der Waals surface area contributed by atoms with Gasteiger partial charge in [-0.15, -0.1) is 0 Å². The molecule has 6 heteroatoms. The molecule has 0 saturated heterocycles. The van der Waals surface area contributed by atoms with Crippen LogP contribution in [0.5, 0.6) is 11.5 Å². The minimum absolute atomic E-state index is 0.0402. The van der Waals surface area contributed by atoms with Crippen molar-refractivity contribution in [2.75, 3.05) is 13.2 Å². The Labute approximate surface area is 162 Å². The number of ether oxygens (including phenoxy) is 2. The Balaban J connectivity index is 1.50. The first-order chi connectivity index (χ1) is 13.5. The molecule has 0 aliphatic heterocycles.